The highest BCUT2D eigenvalue weighted by atomic mass is 32.1. The molecule has 2 N–H and O–H groups in total. The summed E-state index contributed by atoms with van der Waals surface area (Å²) < 4.78 is 48.1. The van der Waals surface area contributed by atoms with Crippen LogP contribution in [0, 0.1) is 10.1 Å². The van der Waals surface area contributed by atoms with Crippen LogP contribution in [0.15, 0.2) is 12.1 Å². The maximum atomic E-state index is 12.7. The van der Waals surface area contributed by atoms with Crippen molar-refractivity contribution in [3.05, 3.63) is 27.3 Å². The van der Waals surface area contributed by atoms with Crippen LogP contribution >= 0.6 is 11.3 Å². The van der Waals surface area contributed by atoms with Gasteiger partial charge < -0.3 is 15.2 Å². The lowest BCUT2D eigenvalue weighted by molar-refractivity contribution is -0.385. The Morgan fingerprint density at radius 3 is 2.31 bits per heavy atom. The summed E-state index contributed by atoms with van der Waals surface area (Å²) in [4.78, 5) is 22.7. The Kier molecular flexibility index (Phi) is 5.15. The van der Waals surface area contributed by atoms with Crippen molar-refractivity contribution in [2.24, 2.45) is 5.73 Å². The van der Waals surface area contributed by atoms with Crippen molar-refractivity contribution in [1.82, 2.24) is 10.2 Å². The molecule has 1 aromatic carbocycles. The Balaban J connectivity index is 2.67. The summed E-state index contributed by atoms with van der Waals surface area (Å²) in [6, 6.07) is 0.722. The number of methoxy groups -OCH3 is 2. The Bertz CT molecular complexity index is 856. The second-order valence-electron chi connectivity index (χ2n) is 4.51. The zero-order valence-corrected chi connectivity index (χ0v) is 13.9. The average molecular weight is 393 g/mol. The molecule has 2 aromatic rings. The van der Waals surface area contributed by atoms with Gasteiger partial charge in [0, 0.05) is 12.1 Å². The number of urea groups is 1. The van der Waals surface area contributed by atoms with E-state index in [9.17, 15) is 28.1 Å². The third kappa shape index (κ3) is 3.58. The number of benzene rings is 1. The minimum atomic E-state index is -4.78. The summed E-state index contributed by atoms with van der Waals surface area (Å²) in [5.41, 5.74) is 4.37. The number of nitro benzene ring substituents is 1. The van der Waals surface area contributed by atoms with Gasteiger partial charge in [-0.15, -0.1) is 10.2 Å². The molecule has 1 aromatic heterocycles. The van der Waals surface area contributed by atoms with Gasteiger partial charge >= 0.3 is 17.9 Å². The highest BCUT2D eigenvalue weighted by molar-refractivity contribution is 7.15. The molecule has 1 heterocycles. The number of anilines is 2. The van der Waals surface area contributed by atoms with Gasteiger partial charge in [0.2, 0.25) is 15.9 Å². The van der Waals surface area contributed by atoms with E-state index in [-0.39, 0.29) is 28.5 Å². The zero-order chi connectivity index (χ0) is 19.6. The maximum absolute atomic E-state index is 12.7. The molecule has 0 atom stereocenters. The van der Waals surface area contributed by atoms with E-state index in [0.29, 0.717) is 4.90 Å². The summed E-state index contributed by atoms with van der Waals surface area (Å²) in [6.45, 7) is 0. The molecule has 0 saturated carbocycles. The molecule has 0 aliphatic rings. The summed E-state index contributed by atoms with van der Waals surface area (Å²) in [6.07, 6.45) is -4.78. The monoisotopic (exact) mass is 393 g/mol. The molecule has 0 aliphatic heterocycles. The number of aromatic nitrogens is 2. The van der Waals surface area contributed by atoms with Gasteiger partial charge in [0.25, 0.3) is 0 Å². The van der Waals surface area contributed by atoms with Gasteiger partial charge in [0.05, 0.1) is 19.1 Å². The van der Waals surface area contributed by atoms with Crippen molar-refractivity contribution in [3.8, 4) is 11.5 Å². The zero-order valence-electron chi connectivity index (χ0n) is 13.1. The predicted molar refractivity (Wildman–Crippen MR) is 82.8 cm³/mol. The highest BCUT2D eigenvalue weighted by Crippen LogP contribution is 2.43. The molecular weight excluding hydrogens is 383 g/mol. The number of nitrogens with zero attached hydrogens (tertiary/aromatic N) is 4. The van der Waals surface area contributed by atoms with E-state index in [1.165, 1.54) is 14.2 Å². The number of hydrogen-bond donors (Lipinski definition) is 1. The van der Waals surface area contributed by atoms with E-state index in [4.69, 9.17) is 15.2 Å². The lowest BCUT2D eigenvalue weighted by Gasteiger charge is -2.20. The molecule has 0 fully saturated rings. The number of nitro groups is 1. The molecule has 2 rings (SSSR count). The number of nitrogens with two attached hydrogens (primary N) is 1. The van der Waals surface area contributed by atoms with Crippen LogP contribution in [0.25, 0.3) is 0 Å². The number of alkyl halides is 3. The molecular formula is C12H10F3N5O5S. The topological polar surface area (TPSA) is 134 Å². The third-order valence-corrected chi connectivity index (χ3v) is 3.94. The second-order valence-corrected chi connectivity index (χ2v) is 5.47. The summed E-state index contributed by atoms with van der Waals surface area (Å²) >= 11 is 0.0357. The quantitative estimate of drug-likeness (QED) is 0.610. The molecule has 140 valence electrons. The second kappa shape index (κ2) is 6.99. The van der Waals surface area contributed by atoms with Crippen molar-refractivity contribution >= 4 is 33.9 Å². The normalized spacial score (nSPS) is 11.1. The first-order chi connectivity index (χ1) is 12.1. The van der Waals surface area contributed by atoms with Gasteiger partial charge in [0.1, 0.15) is 11.4 Å². The van der Waals surface area contributed by atoms with Gasteiger partial charge in [0.15, 0.2) is 0 Å². The number of halogens is 3. The number of primary amides is 1. The fraction of sp³-hybridized carbons (Fsp3) is 0.250. The van der Waals surface area contributed by atoms with Crippen molar-refractivity contribution < 1.29 is 32.4 Å². The standard InChI is InChI=1S/C12H10F3N5O5S/c1-24-7-4-8(25-2)6(20(22)23)3-5(7)19(10(16)21)11-18-17-9(26-11)12(13,14)15/h3-4H,1-2H3,(H2,16,21). The van der Waals surface area contributed by atoms with Gasteiger partial charge in [-0.05, 0) is 0 Å². The van der Waals surface area contributed by atoms with Gasteiger partial charge in [-0.25, -0.2) is 9.69 Å². The molecule has 14 heteroatoms. The number of hydrogen-bond acceptors (Lipinski definition) is 8. The van der Waals surface area contributed by atoms with E-state index in [0.717, 1.165) is 12.1 Å². The van der Waals surface area contributed by atoms with Gasteiger partial charge in [-0.2, -0.15) is 13.2 Å². The lowest BCUT2D eigenvalue weighted by atomic mass is 10.2. The number of ether oxygens (including phenoxy) is 2. The fourth-order valence-electron chi connectivity index (χ4n) is 1.92. The molecule has 0 unspecified atom stereocenters. The summed E-state index contributed by atoms with van der Waals surface area (Å²) in [5.74, 6) is -0.303. The number of carbonyl (C=O) groups is 1. The fourth-order valence-corrected chi connectivity index (χ4v) is 2.65. The number of carbonyl (C=O) groups excluding carboxylic acids is 1. The first-order valence-electron chi connectivity index (χ1n) is 6.50. The minimum Gasteiger partial charge on any atom is -0.494 e. The predicted octanol–water partition coefficient (Wildman–Crippen LogP) is 2.70. The van der Waals surface area contributed by atoms with Crippen LogP contribution in [0.5, 0.6) is 11.5 Å². The largest absolute Gasteiger partial charge is 0.494 e. The van der Waals surface area contributed by atoms with Gasteiger partial charge in [-0.3, -0.25) is 10.1 Å². The van der Waals surface area contributed by atoms with Crippen molar-refractivity contribution in [2.75, 3.05) is 19.1 Å². The Morgan fingerprint density at radius 2 is 1.88 bits per heavy atom. The molecule has 0 saturated heterocycles. The van der Waals surface area contributed by atoms with E-state index in [2.05, 4.69) is 10.2 Å². The molecule has 2 amide bonds. The van der Waals surface area contributed by atoms with E-state index in [1.807, 2.05) is 0 Å². The molecule has 10 nitrogen and oxygen atoms in total. The SMILES string of the molecule is COc1cc(OC)c([N+](=O)[O-])cc1N(C(N)=O)c1nnc(C(F)(F)F)s1. The Morgan fingerprint density at radius 1 is 1.27 bits per heavy atom. The summed E-state index contributed by atoms with van der Waals surface area (Å²) in [5, 5.41) is 15.6. The Labute approximate surface area is 147 Å². The lowest BCUT2D eigenvalue weighted by Crippen LogP contribution is -2.31. The highest BCUT2D eigenvalue weighted by Gasteiger charge is 2.37. The van der Waals surface area contributed by atoms with Gasteiger partial charge in [-0.1, -0.05) is 11.3 Å². The minimum absolute atomic E-state index is 0.0357. The van der Waals surface area contributed by atoms with Crippen LogP contribution in [0.1, 0.15) is 5.01 Å². The molecule has 0 spiro atoms. The number of amides is 2. The van der Waals surface area contributed by atoms with Crippen LogP contribution in [-0.4, -0.2) is 35.4 Å². The third-order valence-electron chi connectivity index (χ3n) is 2.99. The number of rotatable bonds is 5. The van der Waals surface area contributed by atoms with Crippen LogP contribution in [0.4, 0.5) is 34.5 Å². The van der Waals surface area contributed by atoms with E-state index < -0.39 is 33.0 Å². The Hall–Kier alpha value is -3.16. The summed E-state index contributed by atoms with van der Waals surface area (Å²) in [7, 11) is 2.36. The van der Waals surface area contributed by atoms with E-state index in [1.54, 1.807) is 0 Å². The molecule has 0 bridgehead atoms. The maximum Gasteiger partial charge on any atom is 0.445 e. The average Bonchev–Trinajstić information content (AvgIpc) is 3.03. The molecule has 0 aliphatic carbocycles. The van der Waals surface area contributed by atoms with Crippen LogP contribution in [-0.2, 0) is 6.18 Å². The van der Waals surface area contributed by atoms with Crippen LogP contribution in [0.3, 0.4) is 0 Å². The van der Waals surface area contributed by atoms with Crippen molar-refractivity contribution in [2.45, 2.75) is 6.18 Å². The smallest absolute Gasteiger partial charge is 0.445 e. The van der Waals surface area contributed by atoms with Crippen LogP contribution in [0.2, 0.25) is 0 Å². The first-order valence-corrected chi connectivity index (χ1v) is 7.32. The van der Waals surface area contributed by atoms with E-state index >= 15 is 0 Å². The first kappa shape index (κ1) is 19.2. The van der Waals surface area contributed by atoms with Crippen molar-refractivity contribution in [1.29, 1.82) is 0 Å². The van der Waals surface area contributed by atoms with Crippen LogP contribution < -0.4 is 20.1 Å². The molecule has 26 heavy (non-hydrogen) atoms. The molecule has 0 radical (unpaired) electrons. The van der Waals surface area contributed by atoms with Crippen molar-refractivity contribution in [3.63, 3.8) is 0 Å².